The van der Waals surface area contributed by atoms with Crippen LogP contribution in [0.15, 0.2) is 0 Å². The molecule has 86 valence electrons. The van der Waals surface area contributed by atoms with E-state index in [1.165, 1.54) is 7.11 Å². The Kier molecular flexibility index (Phi) is 5.90. The molecule has 0 fully saturated rings. The molecule has 0 aromatic rings. The van der Waals surface area contributed by atoms with Crippen LogP contribution in [0.4, 0.5) is 0 Å². The second kappa shape index (κ2) is 6.38. The van der Waals surface area contributed by atoms with Crippen LogP contribution in [-0.2, 0) is 9.53 Å². The summed E-state index contributed by atoms with van der Waals surface area (Å²) in [5.74, 6) is -0.359. The van der Waals surface area contributed by atoms with Gasteiger partial charge in [-0.25, -0.2) is 0 Å². The predicted molar refractivity (Wildman–Crippen MR) is 54.9 cm³/mol. The van der Waals surface area contributed by atoms with Gasteiger partial charge in [-0.2, -0.15) is 5.26 Å². The maximum Gasteiger partial charge on any atom is 0.240 e. The summed E-state index contributed by atoms with van der Waals surface area (Å²) in [5, 5.41) is 20.6. The molecule has 0 rings (SSSR count). The van der Waals surface area contributed by atoms with Gasteiger partial charge in [0.2, 0.25) is 5.91 Å². The average molecular weight is 214 g/mol. The number of nitriles is 1. The summed E-state index contributed by atoms with van der Waals surface area (Å²) in [7, 11) is 1.47. The Morgan fingerprint density at radius 3 is 2.73 bits per heavy atom. The standard InChI is InChI=1S/C10H18N2O3/c1-4-10(2,7-11)9(14)12-5-8(13)6-15-3/h8,13H,4-6H2,1-3H3,(H,12,14). The highest BCUT2D eigenvalue weighted by atomic mass is 16.5. The molecule has 15 heavy (non-hydrogen) atoms. The maximum absolute atomic E-state index is 11.6. The van der Waals surface area contributed by atoms with Crippen molar-refractivity contribution in [2.75, 3.05) is 20.3 Å². The number of ether oxygens (including phenoxy) is 1. The normalized spacial score (nSPS) is 16.2. The van der Waals surface area contributed by atoms with E-state index in [0.717, 1.165) is 0 Å². The molecule has 2 unspecified atom stereocenters. The van der Waals surface area contributed by atoms with Crippen LogP contribution in [0.25, 0.3) is 0 Å². The first kappa shape index (κ1) is 13.9. The zero-order valence-corrected chi connectivity index (χ0v) is 9.41. The molecule has 0 spiro atoms. The third-order valence-electron chi connectivity index (χ3n) is 2.31. The van der Waals surface area contributed by atoms with Crippen molar-refractivity contribution < 1.29 is 14.6 Å². The van der Waals surface area contributed by atoms with Crippen LogP contribution in [0, 0.1) is 16.7 Å². The van der Waals surface area contributed by atoms with E-state index in [-0.39, 0.29) is 19.1 Å². The van der Waals surface area contributed by atoms with E-state index in [9.17, 15) is 9.90 Å². The highest BCUT2D eigenvalue weighted by Crippen LogP contribution is 2.19. The fourth-order valence-corrected chi connectivity index (χ4v) is 0.947. The van der Waals surface area contributed by atoms with Crippen LogP contribution in [-0.4, -0.2) is 37.4 Å². The second-order valence-corrected chi connectivity index (χ2v) is 3.62. The van der Waals surface area contributed by atoms with Crippen molar-refractivity contribution in [3.05, 3.63) is 0 Å². The molecular formula is C10H18N2O3. The van der Waals surface area contributed by atoms with E-state index < -0.39 is 11.5 Å². The van der Waals surface area contributed by atoms with Gasteiger partial charge in [0.05, 0.1) is 18.8 Å². The number of aliphatic hydroxyl groups is 1. The first-order valence-corrected chi connectivity index (χ1v) is 4.86. The lowest BCUT2D eigenvalue weighted by molar-refractivity contribution is -0.128. The van der Waals surface area contributed by atoms with Crippen molar-refractivity contribution in [1.29, 1.82) is 5.26 Å². The Hall–Kier alpha value is -1.12. The molecule has 0 aliphatic carbocycles. The Bertz CT molecular complexity index is 250. The van der Waals surface area contributed by atoms with Crippen molar-refractivity contribution in [2.45, 2.75) is 26.4 Å². The van der Waals surface area contributed by atoms with E-state index in [1.54, 1.807) is 13.8 Å². The van der Waals surface area contributed by atoms with E-state index in [0.29, 0.717) is 6.42 Å². The highest BCUT2D eigenvalue weighted by Gasteiger charge is 2.31. The molecule has 0 aromatic carbocycles. The topological polar surface area (TPSA) is 82.4 Å². The van der Waals surface area contributed by atoms with E-state index >= 15 is 0 Å². The van der Waals surface area contributed by atoms with Crippen molar-refractivity contribution in [3.8, 4) is 6.07 Å². The molecule has 0 saturated heterocycles. The Morgan fingerprint density at radius 1 is 1.73 bits per heavy atom. The lowest BCUT2D eigenvalue weighted by Gasteiger charge is -2.19. The minimum Gasteiger partial charge on any atom is -0.389 e. The number of hydrogen-bond acceptors (Lipinski definition) is 4. The van der Waals surface area contributed by atoms with Crippen LogP contribution in [0.2, 0.25) is 0 Å². The van der Waals surface area contributed by atoms with Crippen LogP contribution in [0.1, 0.15) is 20.3 Å². The van der Waals surface area contributed by atoms with Crippen LogP contribution in [0.3, 0.4) is 0 Å². The third-order valence-corrected chi connectivity index (χ3v) is 2.31. The molecule has 0 heterocycles. The van der Waals surface area contributed by atoms with Gasteiger partial charge in [-0.3, -0.25) is 4.79 Å². The average Bonchev–Trinajstić information content (AvgIpc) is 2.25. The van der Waals surface area contributed by atoms with Crippen LogP contribution < -0.4 is 5.32 Å². The number of nitrogens with one attached hydrogen (secondary N) is 1. The number of methoxy groups -OCH3 is 1. The minimum atomic E-state index is -1.02. The monoisotopic (exact) mass is 214 g/mol. The quantitative estimate of drug-likeness (QED) is 0.654. The molecule has 0 saturated carbocycles. The molecule has 1 amide bonds. The summed E-state index contributed by atoms with van der Waals surface area (Å²) in [6, 6.07) is 1.96. The molecule has 5 nitrogen and oxygen atoms in total. The number of rotatable bonds is 6. The summed E-state index contributed by atoms with van der Waals surface area (Å²) in [5.41, 5.74) is -1.02. The smallest absolute Gasteiger partial charge is 0.240 e. The Balaban J connectivity index is 4.09. The van der Waals surface area contributed by atoms with Gasteiger partial charge in [-0.15, -0.1) is 0 Å². The third kappa shape index (κ3) is 4.28. The largest absolute Gasteiger partial charge is 0.389 e. The zero-order valence-electron chi connectivity index (χ0n) is 9.41. The molecular weight excluding hydrogens is 196 g/mol. The van der Waals surface area contributed by atoms with E-state index in [1.807, 2.05) is 6.07 Å². The molecule has 0 aliphatic heterocycles. The molecule has 0 aliphatic rings. The highest BCUT2D eigenvalue weighted by molar-refractivity contribution is 5.84. The van der Waals surface area contributed by atoms with Gasteiger partial charge in [-0.1, -0.05) is 6.92 Å². The Labute approximate surface area is 90.0 Å². The van der Waals surface area contributed by atoms with Gasteiger partial charge in [0.1, 0.15) is 5.41 Å². The van der Waals surface area contributed by atoms with Gasteiger partial charge >= 0.3 is 0 Å². The minimum absolute atomic E-state index is 0.101. The van der Waals surface area contributed by atoms with Crippen LogP contribution >= 0.6 is 0 Å². The fraction of sp³-hybridized carbons (Fsp3) is 0.800. The number of carbonyl (C=O) groups is 1. The zero-order chi connectivity index (χ0) is 11.9. The van der Waals surface area contributed by atoms with Crippen molar-refractivity contribution >= 4 is 5.91 Å². The van der Waals surface area contributed by atoms with Crippen molar-refractivity contribution in [1.82, 2.24) is 5.32 Å². The number of hydrogen-bond donors (Lipinski definition) is 2. The molecule has 2 N–H and O–H groups in total. The molecule has 0 aromatic heterocycles. The lowest BCUT2D eigenvalue weighted by Crippen LogP contribution is -2.42. The summed E-state index contributed by atoms with van der Waals surface area (Å²) < 4.78 is 4.71. The van der Waals surface area contributed by atoms with Gasteiger partial charge < -0.3 is 15.2 Å². The molecule has 2 atom stereocenters. The number of carbonyl (C=O) groups excluding carboxylic acids is 1. The summed E-state index contributed by atoms with van der Waals surface area (Å²) >= 11 is 0. The number of aliphatic hydroxyl groups excluding tert-OH is 1. The van der Waals surface area contributed by atoms with Crippen molar-refractivity contribution in [3.63, 3.8) is 0 Å². The fourth-order valence-electron chi connectivity index (χ4n) is 0.947. The first-order valence-electron chi connectivity index (χ1n) is 4.86. The van der Waals surface area contributed by atoms with Gasteiger partial charge in [-0.05, 0) is 13.3 Å². The van der Waals surface area contributed by atoms with Gasteiger partial charge in [0.15, 0.2) is 0 Å². The Morgan fingerprint density at radius 2 is 2.33 bits per heavy atom. The second-order valence-electron chi connectivity index (χ2n) is 3.62. The van der Waals surface area contributed by atoms with E-state index in [2.05, 4.69) is 5.32 Å². The SMILES string of the molecule is CCC(C)(C#N)C(=O)NCC(O)COC. The number of amides is 1. The number of nitrogens with zero attached hydrogens (tertiary/aromatic N) is 1. The van der Waals surface area contributed by atoms with Gasteiger partial charge in [0.25, 0.3) is 0 Å². The molecule has 0 bridgehead atoms. The maximum atomic E-state index is 11.6. The summed E-state index contributed by atoms with van der Waals surface area (Å²) in [6.07, 6.45) is -0.297. The predicted octanol–water partition coefficient (Wildman–Crippen LogP) is 0.0498. The summed E-state index contributed by atoms with van der Waals surface area (Å²) in [4.78, 5) is 11.6. The summed E-state index contributed by atoms with van der Waals surface area (Å²) in [6.45, 7) is 3.61. The van der Waals surface area contributed by atoms with Crippen molar-refractivity contribution in [2.24, 2.45) is 5.41 Å². The first-order chi connectivity index (χ1) is 7.00. The van der Waals surface area contributed by atoms with Gasteiger partial charge in [0, 0.05) is 13.7 Å². The molecule has 0 radical (unpaired) electrons. The molecule has 5 heteroatoms. The van der Waals surface area contributed by atoms with Crippen LogP contribution in [0.5, 0.6) is 0 Å². The van der Waals surface area contributed by atoms with E-state index in [4.69, 9.17) is 10.00 Å². The lowest BCUT2D eigenvalue weighted by atomic mass is 9.88.